The highest BCUT2D eigenvalue weighted by molar-refractivity contribution is 7.92. The quantitative estimate of drug-likeness (QED) is 0.530. The zero-order valence-electron chi connectivity index (χ0n) is 16.8. The molecule has 8 heteroatoms. The standard InChI is InChI=1S/C21H23NO6S/c1-13-5-6-16(11-20(13)27-3)21(24)28-12-19(23)15-7-8-18-17(10-15)9-14(2)22(18)29(4,25)26/h5-8,10-11,14H,9,12H2,1-4H3/t14-/m1/s1. The monoisotopic (exact) mass is 417 g/mol. The van der Waals surface area contributed by atoms with E-state index in [4.69, 9.17) is 9.47 Å². The molecule has 2 aromatic rings. The van der Waals surface area contributed by atoms with Crippen molar-refractivity contribution in [1.29, 1.82) is 0 Å². The molecular weight excluding hydrogens is 394 g/mol. The van der Waals surface area contributed by atoms with E-state index in [-0.39, 0.29) is 11.8 Å². The molecule has 1 aliphatic rings. The minimum atomic E-state index is -3.39. The number of esters is 1. The predicted octanol–water partition coefficient (Wildman–Crippen LogP) is 2.75. The van der Waals surface area contributed by atoms with Gasteiger partial charge in [0.1, 0.15) is 5.75 Å². The number of Topliss-reactive ketones (excluding diaryl/α,β-unsaturated/α-hetero) is 1. The average Bonchev–Trinajstić information content (AvgIpc) is 3.01. The molecule has 0 aromatic heterocycles. The van der Waals surface area contributed by atoms with Gasteiger partial charge in [-0.2, -0.15) is 0 Å². The topological polar surface area (TPSA) is 90.0 Å². The van der Waals surface area contributed by atoms with E-state index >= 15 is 0 Å². The normalized spacial score (nSPS) is 15.7. The summed E-state index contributed by atoms with van der Waals surface area (Å²) in [5.41, 5.74) is 2.92. The highest BCUT2D eigenvalue weighted by atomic mass is 32.2. The lowest BCUT2D eigenvalue weighted by Crippen LogP contribution is -2.34. The van der Waals surface area contributed by atoms with Crippen LogP contribution in [0.2, 0.25) is 0 Å². The number of carbonyl (C=O) groups is 2. The van der Waals surface area contributed by atoms with Crippen molar-refractivity contribution >= 4 is 27.5 Å². The van der Waals surface area contributed by atoms with E-state index in [1.165, 1.54) is 11.4 Å². The molecule has 3 rings (SSSR count). The van der Waals surface area contributed by atoms with Crippen LogP contribution in [0.1, 0.15) is 38.8 Å². The maximum atomic E-state index is 12.5. The van der Waals surface area contributed by atoms with Crippen LogP contribution in [0.15, 0.2) is 36.4 Å². The van der Waals surface area contributed by atoms with E-state index in [9.17, 15) is 18.0 Å². The first kappa shape index (κ1) is 20.9. The molecule has 0 N–H and O–H groups in total. The number of anilines is 1. The second kappa shape index (κ2) is 7.87. The second-order valence-corrected chi connectivity index (χ2v) is 9.00. The van der Waals surface area contributed by atoms with Crippen molar-refractivity contribution < 1.29 is 27.5 Å². The number of hydrogen-bond donors (Lipinski definition) is 0. The number of ketones is 1. The number of benzene rings is 2. The number of methoxy groups -OCH3 is 1. The van der Waals surface area contributed by atoms with Gasteiger partial charge < -0.3 is 9.47 Å². The Morgan fingerprint density at radius 3 is 2.48 bits per heavy atom. The molecule has 1 heterocycles. The van der Waals surface area contributed by atoms with Crippen molar-refractivity contribution in [3.63, 3.8) is 0 Å². The first-order valence-electron chi connectivity index (χ1n) is 9.09. The Hall–Kier alpha value is -2.87. The summed E-state index contributed by atoms with van der Waals surface area (Å²) in [5.74, 6) is -0.408. The van der Waals surface area contributed by atoms with E-state index in [1.807, 2.05) is 13.8 Å². The number of ether oxygens (including phenoxy) is 2. The Bertz CT molecular complexity index is 1080. The van der Waals surface area contributed by atoms with Crippen molar-refractivity contribution in [3.8, 4) is 5.75 Å². The molecule has 1 aliphatic heterocycles. The molecule has 0 radical (unpaired) electrons. The highest BCUT2D eigenvalue weighted by Gasteiger charge is 2.32. The zero-order valence-corrected chi connectivity index (χ0v) is 17.6. The van der Waals surface area contributed by atoms with Crippen molar-refractivity contribution in [2.45, 2.75) is 26.3 Å². The zero-order chi connectivity index (χ0) is 21.3. The molecule has 0 saturated heterocycles. The van der Waals surface area contributed by atoms with Crippen LogP contribution >= 0.6 is 0 Å². The number of rotatable bonds is 6. The molecule has 0 saturated carbocycles. The molecule has 154 valence electrons. The largest absolute Gasteiger partial charge is 0.496 e. The van der Waals surface area contributed by atoms with Crippen LogP contribution in [0.5, 0.6) is 5.75 Å². The molecule has 0 unspecified atom stereocenters. The number of sulfonamides is 1. The van der Waals surface area contributed by atoms with Gasteiger partial charge in [-0.05, 0) is 61.7 Å². The molecule has 2 aromatic carbocycles. The summed E-state index contributed by atoms with van der Waals surface area (Å²) in [6, 6.07) is 9.56. The van der Waals surface area contributed by atoms with E-state index in [1.54, 1.807) is 36.4 Å². The Morgan fingerprint density at radius 1 is 1.14 bits per heavy atom. The average molecular weight is 417 g/mol. The summed E-state index contributed by atoms with van der Waals surface area (Å²) in [6.07, 6.45) is 1.68. The summed E-state index contributed by atoms with van der Waals surface area (Å²) >= 11 is 0. The third kappa shape index (κ3) is 4.27. The van der Waals surface area contributed by atoms with Gasteiger partial charge >= 0.3 is 5.97 Å². The van der Waals surface area contributed by atoms with Gasteiger partial charge in [0.25, 0.3) is 0 Å². The minimum Gasteiger partial charge on any atom is -0.496 e. The fraction of sp³-hybridized carbons (Fsp3) is 0.333. The Morgan fingerprint density at radius 2 is 1.83 bits per heavy atom. The summed E-state index contributed by atoms with van der Waals surface area (Å²) in [4.78, 5) is 24.7. The maximum absolute atomic E-state index is 12.5. The number of fused-ring (bicyclic) bond motifs is 1. The molecular formula is C21H23NO6S. The van der Waals surface area contributed by atoms with Gasteiger partial charge in [-0.1, -0.05) is 6.07 Å². The Balaban J connectivity index is 1.71. The van der Waals surface area contributed by atoms with Crippen LogP contribution in [0.3, 0.4) is 0 Å². The summed E-state index contributed by atoms with van der Waals surface area (Å²) in [6.45, 7) is 3.27. The Kier molecular flexibility index (Phi) is 5.66. The Labute approximate surface area is 170 Å². The molecule has 0 fully saturated rings. The van der Waals surface area contributed by atoms with E-state index < -0.39 is 22.6 Å². The van der Waals surface area contributed by atoms with Gasteiger partial charge in [0.15, 0.2) is 12.4 Å². The predicted molar refractivity (Wildman–Crippen MR) is 109 cm³/mol. The van der Waals surface area contributed by atoms with E-state index in [2.05, 4.69) is 0 Å². The highest BCUT2D eigenvalue weighted by Crippen LogP contribution is 2.34. The van der Waals surface area contributed by atoms with Crippen molar-refractivity contribution in [2.24, 2.45) is 0 Å². The molecule has 0 amide bonds. The number of aryl methyl sites for hydroxylation is 1. The van der Waals surface area contributed by atoms with Gasteiger partial charge in [0.05, 0.1) is 24.6 Å². The third-order valence-electron chi connectivity index (χ3n) is 4.89. The van der Waals surface area contributed by atoms with Gasteiger partial charge in [-0.25, -0.2) is 13.2 Å². The van der Waals surface area contributed by atoms with Gasteiger partial charge in [0.2, 0.25) is 10.0 Å². The van der Waals surface area contributed by atoms with Crippen LogP contribution in [-0.4, -0.2) is 46.2 Å². The van der Waals surface area contributed by atoms with E-state index in [0.29, 0.717) is 29.0 Å². The lowest BCUT2D eigenvalue weighted by atomic mass is 10.0. The van der Waals surface area contributed by atoms with Gasteiger partial charge in [-0.15, -0.1) is 0 Å². The van der Waals surface area contributed by atoms with Crippen molar-refractivity contribution in [2.75, 3.05) is 24.3 Å². The second-order valence-electron chi connectivity index (χ2n) is 7.14. The van der Waals surface area contributed by atoms with Crippen LogP contribution in [0.4, 0.5) is 5.69 Å². The fourth-order valence-electron chi connectivity index (χ4n) is 3.53. The van der Waals surface area contributed by atoms with Crippen LogP contribution < -0.4 is 9.04 Å². The minimum absolute atomic E-state index is 0.209. The fourth-order valence-corrected chi connectivity index (χ4v) is 4.79. The third-order valence-corrected chi connectivity index (χ3v) is 6.16. The van der Waals surface area contributed by atoms with Crippen LogP contribution in [0.25, 0.3) is 0 Å². The van der Waals surface area contributed by atoms with Gasteiger partial charge in [0, 0.05) is 11.6 Å². The SMILES string of the molecule is COc1cc(C(=O)OCC(=O)c2ccc3c(c2)C[C@@H](C)N3S(C)(=O)=O)ccc1C. The number of hydrogen-bond acceptors (Lipinski definition) is 6. The van der Waals surface area contributed by atoms with E-state index in [0.717, 1.165) is 17.4 Å². The first-order chi connectivity index (χ1) is 13.6. The lowest BCUT2D eigenvalue weighted by Gasteiger charge is -2.21. The molecule has 29 heavy (non-hydrogen) atoms. The van der Waals surface area contributed by atoms with Crippen LogP contribution in [-0.2, 0) is 21.2 Å². The molecule has 0 bridgehead atoms. The molecule has 0 aliphatic carbocycles. The smallest absolute Gasteiger partial charge is 0.338 e. The van der Waals surface area contributed by atoms with Crippen molar-refractivity contribution in [1.82, 2.24) is 0 Å². The maximum Gasteiger partial charge on any atom is 0.338 e. The molecule has 0 spiro atoms. The summed E-state index contributed by atoms with van der Waals surface area (Å²) in [7, 11) is -1.88. The lowest BCUT2D eigenvalue weighted by molar-refractivity contribution is 0.0474. The van der Waals surface area contributed by atoms with Crippen LogP contribution in [0, 0.1) is 6.92 Å². The number of nitrogens with zero attached hydrogens (tertiary/aromatic N) is 1. The summed E-state index contributed by atoms with van der Waals surface area (Å²) in [5, 5.41) is 0. The summed E-state index contributed by atoms with van der Waals surface area (Å²) < 4.78 is 35.7. The van der Waals surface area contributed by atoms with Gasteiger partial charge in [-0.3, -0.25) is 9.10 Å². The molecule has 7 nitrogen and oxygen atoms in total. The molecule has 1 atom stereocenters. The van der Waals surface area contributed by atoms with Crippen molar-refractivity contribution in [3.05, 3.63) is 58.7 Å². The first-order valence-corrected chi connectivity index (χ1v) is 10.9. The number of carbonyl (C=O) groups excluding carboxylic acids is 2.